The van der Waals surface area contributed by atoms with Crippen molar-refractivity contribution in [2.24, 2.45) is 7.05 Å². The Bertz CT molecular complexity index is 628. The number of hydrogen-bond acceptors (Lipinski definition) is 0. The van der Waals surface area contributed by atoms with Gasteiger partial charge in [0.1, 0.15) is 7.05 Å². The van der Waals surface area contributed by atoms with Crippen LogP contribution in [0.4, 0.5) is 0 Å². The molecule has 2 unspecified atom stereocenters. The number of hydrogen-bond donors (Lipinski definition) is 0. The van der Waals surface area contributed by atoms with Crippen LogP contribution in [0.2, 0.25) is 0 Å². The van der Waals surface area contributed by atoms with Crippen molar-refractivity contribution < 1.29 is 4.57 Å². The van der Waals surface area contributed by atoms with Crippen molar-refractivity contribution in [1.29, 1.82) is 0 Å². The lowest BCUT2D eigenvalue weighted by Gasteiger charge is -2.11. The fourth-order valence-electron chi connectivity index (χ4n) is 3.46. The van der Waals surface area contributed by atoms with Crippen LogP contribution >= 0.6 is 0 Å². The molecule has 1 heterocycles. The highest BCUT2D eigenvalue weighted by molar-refractivity contribution is 5.64. The van der Waals surface area contributed by atoms with Gasteiger partial charge in [-0.2, -0.15) is 0 Å². The smallest absolute Gasteiger partial charge is 0.201 e. The molecule has 1 aromatic carbocycles. The van der Waals surface area contributed by atoms with Gasteiger partial charge in [0.2, 0.25) is 5.69 Å². The number of rotatable bonds is 1. The van der Waals surface area contributed by atoms with Gasteiger partial charge < -0.3 is 0 Å². The summed E-state index contributed by atoms with van der Waals surface area (Å²) in [5.74, 6) is 1.40. The second-order valence-electron chi connectivity index (χ2n) is 6.03. The van der Waals surface area contributed by atoms with Gasteiger partial charge in [-0.05, 0) is 54.0 Å². The number of pyridine rings is 1. The van der Waals surface area contributed by atoms with Crippen molar-refractivity contribution in [2.45, 2.75) is 39.0 Å². The first-order valence-corrected chi connectivity index (χ1v) is 7.17. The molecular weight excluding hydrogens is 230 g/mol. The Hall–Kier alpha value is -1.63. The highest BCUT2D eigenvalue weighted by Crippen LogP contribution is 2.43. The van der Waals surface area contributed by atoms with Crippen LogP contribution in [-0.4, -0.2) is 0 Å². The lowest BCUT2D eigenvalue weighted by atomic mass is 9.94. The summed E-state index contributed by atoms with van der Waals surface area (Å²) in [6, 6.07) is 11.2. The average Bonchev–Trinajstić information content (AvgIpc) is 2.65. The summed E-state index contributed by atoms with van der Waals surface area (Å²) in [5, 5.41) is 0. The molecule has 1 aliphatic carbocycles. The van der Waals surface area contributed by atoms with Gasteiger partial charge in [0.15, 0.2) is 6.20 Å². The number of benzene rings is 1. The molecule has 0 aliphatic heterocycles. The number of aryl methyl sites for hydroxylation is 2. The van der Waals surface area contributed by atoms with Crippen LogP contribution in [-0.2, 0) is 7.05 Å². The van der Waals surface area contributed by atoms with Crippen molar-refractivity contribution in [3.63, 3.8) is 0 Å². The summed E-state index contributed by atoms with van der Waals surface area (Å²) in [5.41, 5.74) is 7.18. The van der Waals surface area contributed by atoms with Crippen molar-refractivity contribution in [2.75, 3.05) is 0 Å². The van der Waals surface area contributed by atoms with Gasteiger partial charge in [-0.25, -0.2) is 4.57 Å². The lowest BCUT2D eigenvalue weighted by molar-refractivity contribution is -0.660. The molecule has 0 radical (unpaired) electrons. The van der Waals surface area contributed by atoms with Crippen LogP contribution in [0.15, 0.2) is 36.5 Å². The molecule has 0 amide bonds. The molecule has 2 atom stereocenters. The third-order valence-electron chi connectivity index (χ3n) is 4.53. The van der Waals surface area contributed by atoms with Gasteiger partial charge in [0.25, 0.3) is 0 Å². The first kappa shape index (κ1) is 12.4. The Morgan fingerprint density at radius 3 is 2.42 bits per heavy atom. The zero-order chi connectivity index (χ0) is 13.6. The number of nitrogens with zero attached hydrogens (tertiary/aromatic N) is 1. The topological polar surface area (TPSA) is 3.88 Å². The van der Waals surface area contributed by atoms with Gasteiger partial charge in [-0.15, -0.1) is 0 Å². The van der Waals surface area contributed by atoms with E-state index in [1.165, 1.54) is 23.2 Å². The van der Waals surface area contributed by atoms with E-state index in [0.717, 1.165) is 0 Å². The van der Waals surface area contributed by atoms with E-state index < -0.39 is 0 Å². The van der Waals surface area contributed by atoms with Gasteiger partial charge in [-0.3, -0.25) is 0 Å². The SMILES string of the molecule is Cc1cc2c(cc1-c1cccc[n+]1C)C(C)CC2C. The van der Waals surface area contributed by atoms with Crippen molar-refractivity contribution in [3.8, 4) is 11.3 Å². The third-order valence-corrected chi connectivity index (χ3v) is 4.53. The Morgan fingerprint density at radius 2 is 1.74 bits per heavy atom. The van der Waals surface area contributed by atoms with E-state index in [9.17, 15) is 0 Å². The summed E-state index contributed by atoms with van der Waals surface area (Å²) in [6.07, 6.45) is 3.41. The molecule has 1 aliphatic rings. The summed E-state index contributed by atoms with van der Waals surface area (Å²) in [7, 11) is 2.12. The summed E-state index contributed by atoms with van der Waals surface area (Å²) in [4.78, 5) is 0. The molecule has 98 valence electrons. The van der Waals surface area contributed by atoms with E-state index >= 15 is 0 Å². The molecule has 0 saturated carbocycles. The van der Waals surface area contributed by atoms with Crippen LogP contribution in [0.5, 0.6) is 0 Å². The van der Waals surface area contributed by atoms with Crippen LogP contribution < -0.4 is 4.57 Å². The molecule has 1 aromatic heterocycles. The molecular formula is C18H22N+. The minimum Gasteiger partial charge on any atom is -0.201 e. The van der Waals surface area contributed by atoms with Gasteiger partial charge in [0.05, 0.1) is 0 Å². The predicted octanol–water partition coefficient (Wildman–Crippen LogP) is 4.10. The largest absolute Gasteiger partial charge is 0.212 e. The molecule has 0 spiro atoms. The Kier molecular flexibility index (Phi) is 2.93. The maximum atomic E-state index is 2.42. The van der Waals surface area contributed by atoms with E-state index in [1.807, 2.05) is 0 Å². The van der Waals surface area contributed by atoms with E-state index in [-0.39, 0.29) is 0 Å². The average molecular weight is 252 g/mol. The molecule has 0 fully saturated rings. The minimum absolute atomic E-state index is 0.693. The maximum Gasteiger partial charge on any atom is 0.212 e. The zero-order valence-electron chi connectivity index (χ0n) is 12.3. The summed E-state index contributed by atoms with van der Waals surface area (Å²) < 4.78 is 2.21. The number of aromatic nitrogens is 1. The second-order valence-corrected chi connectivity index (χ2v) is 6.03. The third kappa shape index (κ3) is 1.98. The van der Waals surface area contributed by atoms with Crippen molar-refractivity contribution in [3.05, 3.63) is 53.2 Å². The van der Waals surface area contributed by atoms with Crippen LogP contribution in [0.3, 0.4) is 0 Å². The van der Waals surface area contributed by atoms with Gasteiger partial charge >= 0.3 is 0 Å². The van der Waals surface area contributed by atoms with Gasteiger partial charge in [0, 0.05) is 17.7 Å². The lowest BCUT2D eigenvalue weighted by Crippen LogP contribution is -2.30. The normalized spacial score (nSPS) is 21.5. The summed E-state index contributed by atoms with van der Waals surface area (Å²) in [6.45, 7) is 6.94. The minimum atomic E-state index is 0.693. The van der Waals surface area contributed by atoms with Crippen molar-refractivity contribution in [1.82, 2.24) is 0 Å². The van der Waals surface area contributed by atoms with Crippen LogP contribution in [0, 0.1) is 6.92 Å². The monoisotopic (exact) mass is 252 g/mol. The predicted molar refractivity (Wildman–Crippen MR) is 79.2 cm³/mol. The fraction of sp³-hybridized carbons (Fsp3) is 0.389. The molecule has 0 N–H and O–H groups in total. The molecule has 0 bridgehead atoms. The second kappa shape index (κ2) is 4.48. The highest BCUT2D eigenvalue weighted by Gasteiger charge is 2.27. The standard InChI is InChI=1S/C18H22N/c1-12-9-13(2)16-11-17(14(3)10-15(12)16)18-7-5-6-8-19(18)4/h5-8,10-13H,9H2,1-4H3/q+1. The quantitative estimate of drug-likeness (QED) is 0.673. The first-order chi connectivity index (χ1) is 9.08. The van der Waals surface area contributed by atoms with E-state index in [4.69, 9.17) is 0 Å². The van der Waals surface area contributed by atoms with Crippen LogP contribution in [0.25, 0.3) is 11.3 Å². The van der Waals surface area contributed by atoms with E-state index in [0.29, 0.717) is 11.8 Å². The van der Waals surface area contributed by atoms with Crippen LogP contribution in [0.1, 0.15) is 48.8 Å². The van der Waals surface area contributed by atoms with E-state index in [1.54, 1.807) is 11.1 Å². The Labute approximate surface area is 115 Å². The maximum absolute atomic E-state index is 2.42. The molecule has 19 heavy (non-hydrogen) atoms. The molecule has 1 heteroatoms. The number of fused-ring (bicyclic) bond motifs is 1. The highest BCUT2D eigenvalue weighted by atomic mass is 14.9. The van der Waals surface area contributed by atoms with E-state index in [2.05, 4.69) is 68.9 Å². The van der Waals surface area contributed by atoms with Crippen molar-refractivity contribution >= 4 is 0 Å². The van der Waals surface area contributed by atoms with Gasteiger partial charge in [-0.1, -0.05) is 19.9 Å². The molecule has 3 rings (SSSR count). The summed E-state index contributed by atoms with van der Waals surface area (Å²) >= 11 is 0. The first-order valence-electron chi connectivity index (χ1n) is 7.17. The molecule has 2 aromatic rings. The molecule has 0 saturated heterocycles. The fourth-order valence-corrected chi connectivity index (χ4v) is 3.46. The Morgan fingerprint density at radius 1 is 1.05 bits per heavy atom. The Balaban J connectivity index is 2.20. The zero-order valence-corrected chi connectivity index (χ0v) is 12.3. The molecule has 1 nitrogen and oxygen atoms in total.